The molecule has 3 aliphatic rings. The third-order valence-electron chi connectivity index (χ3n) is 3.47. The van der Waals surface area contributed by atoms with E-state index in [1.807, 2.05) is 6.08 Å². The maximum Gasteiger partial charge on any atom is 0.0276 e. The van der Waals surface area contributed by atoms with Crippen LogP contribution in [0.1, 0.15) is 37.7 Å². The van der Waals surface area contributed by atoms with Gasteiger partial charge in [0.1, 0.15) is 0 Å². The summed E-state index contributed by atoms with van der Waals surface area (Å²) in [7, 11) is 0. The van der Waals surface area contributed by atoms with Gasteiger partial charge in [-0.3, -0.25) is 0 Å². The zero-order chi connectivity index (χ0) is 9.85. The third-order valence-corrected chi connectivity index (χ3v) is 3.47. The van der Waals surface area contributed by atoms with Crippen LogP contribution in [0.4, 0.5) is 0 Å². The summed E-state index contributed by atoms with van der Waals surface area (Å²) in [5, 5.41) is 0. The molecule has 0 unspecified atom stereocenters. The molecule has 0 aromatic heterocycles. The van der Waals surface area contributed by atoms with Crippen LogP contribution in [-0.4, -0.2) is 0 Å². The van der Waals surface area contributed by atoms with Crippen molar-refractivity contribution in [3.63, 3.8) is 0 Å². The molecule has 3 aliphatic carbocycles. The van der Waals surface area contributed by atoms with Crippen LogP contribution in [0.15, 0.2) is 11.6 Å². The van der Waals surface area contributed by atoms with Crippen molar-refractivity contribution in [3.8, 4) is 0 Å². The topological polar surface area (TPSA) is 0 Å². The first kappa shape index (κ1) is 3.94. The monoisotopic (exact) mass is 139 g/mol. The van der Waals surface area contributed by atoms with E-state index in [4.69, 9.17) is 4.11 Å². The van der Waals surface area contributed by atoms with Crippen molar-refractivity contribution in [2.24, 2.45) is 17.3 Å². The molecule has 0 aromatic rings. The molecule has 0 spiro atoms. The molecule has 0 N–H and O–H groups in total. The van der Waals surface area contributed by atoms with Gasteiger partial charge < -0.3 is 0 Å². The fraction of sp³-hybridized carbons (Fsp3) is 0.800. The Labute approximate surface area is 67.5 Å². The molecule has 0 nitrogen and oxygen atoms in total. The molecule has 56 valence electrons. The summed E-state index contributed by atoms with van der Waals surface area (Å²) < 4.78 is 22.3. The van der Waals surface area contributed by atoms with Gasteiger partial charge in [0.05, 0.1) is 0 Å². The lowest BCUT2D eigenvalue weighted by molar-refractivity contribution is -0.00579. The van der Waals surface area contributed by atoms with Gasteiger partial charge in [0.25, 0.3) is 0 Å². The highest BCUT2D eigenvalue weighted by Gasteiger charge is 2.49. The van der Waals surface area contributed by atoms with Gasteiger partial charge >= 0.3 is 0 Å². The molecule has 0 aliphatic heterocycles. The van der Waals surface area contributed by atoms with E-state index in [1.54, 1.807) is 0 Å². The Hall–Kier alpha value is -0.260. The van der Waals surface area contributed by atoms with E-state index in [0.29, 0.717) is 5.92 Å². The van der Waals surface area contributed by atoms with Crippen LogP contribution in [0, 0.1) is 17.3 Å². The first-order valence-electron chi connectivity index (χ1n) is 5.54. The Morgan fingerprint density at radius 1 is 1.70 bits per heavy atom. The quantitative estimate of drug-likeness (QED) is 0.452. The molecular formula is C10H16. The van der Waals surface area contributed by atoms with Crippen molar-refractivity contribution in [3.05, 3.63) is 11.6 Å². The summed E-state index contributed by atoms with van der Waals surface area (Å²) in [6.45, 7) is 2.54. The Morgan fingerprint density at radius 2 is 2.50 bits per heavy atom. The van der Waals surface area contributed by atoms with Crippen LogP contribution in [0.5, 0.6) is 0 Å². The summed E-state index contributed by atoms with van der Waals surface area (Å²) in [5.41, 5.74) is 0.957. The highest BCUT2D eigenvalue weighted by Crippen LogP contribution is 2.58. The van der Waals surface area contributed by atoms with Gasteiger partial charge in [-0.2, -0.15) is 0 Å². The zero-order valence-electron chi connectivity index (χ0n) is 9.65. The zero-order valence-corrected chi connectivity index (χ0v) is 6.65. The molecule has 0 amide bonds. The van der Waals surface area contributed by atoms with Gasteiger partial charge in [0, 0.05) is 4.11 Å². The third kappa shape index (κ3) is 0.574. The largest absolute Gasteiger partial charge is 0.0850 e. The van der Waals surface area contributed by atoms with Crippen LogP contribution < -0.4 is 0 Å². The van der Waals surface area contributed by atoms with Gasteiger partial charge in [0.2, 0.25) is 0 Å². The van der Waals surface area contributed by atoms with Crippen LogP contribution in [-0.2, 0) is 0 Å². The molecule has 1 fully saturated rings. The van der Waals surface area contributed by atoms with Gasteiger partial charge in [-0.15, -0.1) is 0 Å². The molecule has 0 heteroatoms. The van der Waals surface area contributed by atoms with Gasteiger partial charge in [-0.1, -0.05) is 25.5 Å². The fourth-order valence-electron chi connectivity index (χ4n) is 2.36. The standard InChI is InChI=1S/C10H16/c1-7-4-5-8-6-9(7)10(8,2)3/h4,8-9H,5-6H2,1-3H3/t8-,9-/m1/s1/i1D3. The maximum absolute atomic E-state index is 7.42. The molecule has 2 atom stereocenters. The second kappa shape index (κ2) is 1.66. The van der Waals surface area contributed by atoms with Crippen molar-refractivity contribution >= 4 is 0 Å². The molecular weight excluding hydrogens is 120 g/mol. The van der Waals surface area contributed by atoms with Crippen molar-refractivity contribution in [2.75, 3.05) is 0 Å². The van der Waals surface area contributed by atoms with Crippen molar-refractivity contribution < 1.29 is 4.11 Å². The molecule has 0 heterocycles. The number of fused-ring (bicyclic) bond motifs is 1. The van der Waals surface area contributed by atoms with Crippen LogP contribution in [0.25, 0.3) is 0 Å². The maximum atomic E-state index is 7.42. The van der Waals surface area contributed by atoms with Crippen molar-refractivity contribution in [1.82, 2.24) is 0 Å². The summed E-state index contributed by atoms with van der Waals surface area (Å²) in [6.07, 6.45) is 4.02. The second-order valence-electron chi connectivity index (χ2n) is 4.20. The summed E-state index contributed by atoms with van der Waals surface area (Å²) in [4.78, 5) is 0. The highest BCUT2D eigenvalue weighted by atomic mass is 14.5. The smallest absolute Gasteiger partial charge is 0.0276 e. The number of allylic oxidation sites excluding steroid dienone is 2. The van der Waals surface area contributed by atoms with E-state index < -0.39 is 6.85 Å². The minimum Gasteiger partial charge on any atom is -0.0850 e. The SMILES string of the molecule is [2H]C([2H])([2H])C1=CC[C@@H]2C[C@H]1C2(C)C. The lowest BCUT2D eigenvalue weighted by atomic mass is 9.49. The van der Waals surface area contributed by atoms with Crippen LogP contribution >= 0.6 is 0 Å². The Morgan fingerprint density at radius 3 is 2.90 bits per heavy atom. The Bertz CT molecular complexity index is 260. The van der Waals surface area contributed by atoms with Crippen LogP contribution in [0.3, 0.4) is 0 Å². The minimum absolute atomic E-state index is 0.235. The Kier molecular flexibility index (Phi) is 0.656. The first-order chi connectivity index (χ1) is 5.83. The number of hydrogen-bond donors (Lipinski definition) is 0. The van der Waals surface area contributed by atoms with Crippen molar-refractivity contribution in [2.45, 2.75) is 33.5 Å². The van der Waals surface area contributed by atoms with E-state index in [2.05, 4.69) is 13.8 Å². The lowest BCUT2D eigenvalue weighted by Gasteiger charge is -2.56. The number of hydrogen-bond acceptors (Lipinski definition) is 0. The van der Waals surface area contributed by atoms with E-state index in [1.165, 1.54) is 0 Å². The highest BCUT2D eigenvalue weighted by molar-refractivity contribution is 5.21. The summed E-state index contributed by atoms with van der Waals surface area (Å²) in [5.74, 6) is 1.04. The average Bonchev–Trinajstić information content (AvgIpc) is 2.02. The van der Waals surface area contributed by atoms with Gasteiger partial charge in [-0.05, 0) is 36.9 Å². The molecule has 10 heavy (non-hydrogen) atoms. The lowest BCUT2D eigenvalue weighted by Crippen LogP contribution is -2.47. The van der Waals surface area contributed by atoms with Gasteiger partial charge in [-0.25, -0.2) is 0 Å². The predicted molar refractivity (Wildman–Crippen MR) is 43.8 cm³/mol. The normalized spacial score (nSPS) is 47.8. The van der Waals surface area contributed by atoms with Crippen molar-refractivity contribution in [1.29, 1.82) is 0 Å². The molecule has 0 aromatic carbocycles. The molecule has 3 rings (SSSR count). The Balaban J connectivity index is 2.29. The second-order valence-corrected chi connectivity index (χ2v) is 4.20. The first-order valence-corrected chi connectivity index (χ1v) is 4.04. The van der Waals surface area contributed by atoms with E-state index in [0.717, 1.165) is 24.3 Å². The molecule has 0 saturated heterocycles. The average molecular weight is 139 g/mol. The number of rotatable bonds is 0. The fourth-order valence-corrected chi connectivity index (χ4v) is 2.36. The molecule has 1 saturated carbocycles. The summed E-state index contributed by atoms with van der Waals surface area (Å²) >= 11 is 0. The van der Waals surface area contributed by atoms with E-state index in [9.17, 15) is 0 Å². The summed E-state index contributed by atoms with van der Waals surface area (Å²) in [6, 6.07) is 0. The minimum atomic E-state index is -1.85. The molecule has 2 bridgehead atoms. The van der Waals surface area contributed by atoms with E-state index in [-0.39, 0.29) is 5.41 Å². The predicted octanol–water partition coefficient (Wildman–Crippen LogP) is 3.00. The van der Waals surface area contributed by atoms with E-state index >= 15 is 0 Å². The molecule has 0 radical (unpaired) electrons. The van der Waals surface area contributed by atoms with Gasteiger partial charge in [0.15, 0.2) is 0 Å². The van der Waals surface area contributed by atoms with Crippen LogP contribution in [0.2, 0.25) is 0 Å².